The molecule has 1 aromatic rings. The first-order valence-corrected chi connectivity index (χ1v) is 4.73. The highest BCUT2D eigenvalue weighted by Crippen LogP contribution is 2.21. The molecule has 0 amide bonds. The van der Waals surface area contributed by atoms with Gasteiger partial charge in [0.15, 0.2) is 0 Å². The van der Waals surface area contributed by atoms with Crippen molar-refractivity contribution in [3.8, 4) is 0 Å². The zero-order valence-corrected chi connectivity index (χ0v) is 7.86. The second-order valence-electron chi connectivity index (χ2n) is 3.38. The Balaban J connectivity index is 2.26. The number of anilines is 1. The summed E-state index contributed by atoms with van der Waals surface area (Å²) in [5.74, 6) is 0.615. The highest BCUT2D eigenvalue weighted by atomic mass is 16.5. The Labute approximate surface area is 77.7 Å². The van der Waals surface area contributed by atoms with E-state index in [4.69, 9.17) is 10.5 Å². The lowest BCUT2D eigenvalue weighted by atomic mass is 10.2. The van der Waals surface area contributed by atoms with Crippen LogP contribution in [0.25, 0.3) is 0 Å². The second kappa shape index (κ2) is 3.38. The summed E-state index contributed by atoms with van der Waals surface area (Å²) in [5, 5.41) is 4.28. The Morgan fingerprint density at radius 3 is 3.23 bits per heavy atom. The van der Waals surface area contributed by atoms with Gasteiger partial charge in [-0.05, 0) is 12.8 Å². The highest BCUT2D eigenvalue weighted by Gasteiger charge is 2.20. The van der Waals surface area contributed by atoms with E-state index >= 15 is 0 Å². The first kappa shape index (κ1) is 8.56. The van der Waals surface area contributed by atoms with E-state index in [2.05, 4.69) is 12.0 Å². The van der Waals surface area contributed by atoms with Crippen LogP contribution in [0.2, 0.25) is 0 Å². The maximum Gasteiger partial charge on any atom is 0.145 e. The summed E-state index contributed by atoms with van der Waals surface area (Å²) in [4.78, 5) is 0. The molecule has 0 aromatic carbocycles. The fourth-order valence-electron chi connectivity index (χ4n) is 1.75. The second-order valence-corrected chi connectivity index (χ2v) is 3.38. The largest absolute Gasteiger partial charge is 0.382 e. The van der Waals surface area contributed by atoms with Crippen LogP contribution < -0.4 is 5.73 Å². The number of ether oxygens (including phenoxy) is 1. The topological polar surface area (TPSA) is 53.1 Å². The van der Waals surface area contributed by atoms with Gasteiger partial charge in [0.2, 0.25) is 0 Å². The number of nitrogen functional groups attached to an aromatic ring is 1. The van der Waals surface area contributed by atoms with Gasteiger partial charge in [-0.15, -0.1) is 0 Å². The van der Waals surface area contributed by atoms with Crippen LogP contribution in [0.3, 0.4) is 0 Å². The van der Waals surface area contributed by atoms with Gasteiger partial charge in [0.25, 0.3) is 0 Å². The summed E-state index contributed by atoms with van der Waals surface area (Å²) in [6, 6.07) is 2.34. The molecule has 72 valence electrons. The van der Waals surface area contributed by atoms with E-state index in [-0.39, 0.29) is 0 Å². The molecule has 1 aliphatic heterocycles. The SMILES string of the molecule is CCc1cc(N)nn1C1CCOC1. The van der Waals surface area contributed by atoms with E-state index in [9.17, 15) is 0 Å². The first-order valence-electron chi connectivity index (χ1n) is 4.73. The summed E-state index contributed by atoms with van der Waals surface area (Å²) >= 11 is 0. The molecule has 1 fully saturated rings. The van der Waals surface area contributed by atoms with Crippen molar-refractivity contribution >= 4 is 5.82 Å². The third-order valence-corrected chi connectivity index (χ3v) is 2.45. The molecule has 0 aliphatic carbocycles. The molecule has 1 atom stereocenters. The number of aromatic nitrogens is 2. The predicted molar refractivity (Wildman–Crippen MR) is 50.5 cm³/mol. The lowest BCUT2D eigenvalue weighted by Gasteiger charge is -2.11. The average molecular weight is 181 g/mol. The Morgan fingerprint density at radius 1 is 1.77 bits per heavy atom. The third-order valence-electron chi connectivity index (χ3n) is 2.45. The van der Waals surface area contributed by atoms with Gasteiger partial charge in [-0.2, -0.15) is 5.10 Å². The Kier molecular flexibility index (Phi) is 2.22. The molecule has 0 saturated carbocycles. The highest BCUT2D eigenvalue weighted by molar-refractivity contribution is 5.29. The molecule has 1 saturated heterocycles. The van der Waals surface area contributed by atoms with E-state index in [1.54, 1.807) is 0 Å². The van der Waals surface area contributed by atoms with Crippen molar-refractivity contribution in [2.75, 3.05) is 18.9 Å². The van der Waals surface area contributed by atoms with Crippen molar-refractivity contribution in [3.63, 3.8) is 0 Å². The van der Waals surface area contributed by atoms with Crippen molar-refractivity contribution in [2.24, 2.45) is 0 Å². The van der Waals surface area contributed by atoms with E-state index in [0.29, 0.717) is 11.9 Å². The molecule has 2 N–H and O–H groups in total. The summed E-state index contributed by atoms with van der Waals surface area (Å²) in [5.41, 5.74) is 6.85. The van der Waals surface area contributed by atoms with Crippen molar-refractivity contribution < 1.29 is 4.74 Å². The maximum atomic E-state index is 5.65. The fourth-order valence-corrected chi connectivity index (χ4v) is 1.75. The van der Waals surface area contributed by atoms with Crippen molar-refractivity contribution in [1.29, 1.82) is 0 Å². The lowest BCUT2D eigenvalue weighted by molar-refractivity contribution is 0.184. The van der Waals surface area contributed by atoms with E-state index in [1.807, 2.05) is 10.7 Å². The molecule has 0 spiro atoms. The van der Waals surface area contributed by atoms with Crippen LogP contribution in [-0.4, -0.2) is 23.0 Å². The predicted octanol–water partition coefficient (Wildman–Crippen LogP) is 0.989. The number of rotatable bonds is 2. The number of nitrogens with zero attached hydrogens (tertiary/aromatic N) is 2. The van der Waals surface area contributed by atoms with Gasteiger partial charge in [-0.25, -0.2) is 0 Å². The fraction of sp³-hybridized carbons (Fsp3) is 0.667. The normalized spacial score (nSPS) is 22.4. The number of aryl methyl sites for hydroxylation is 1. The zero-order valence-electron chi connectivity index (χ0n) is 7.86. The molecular weight excluding hydrogens is 166 g/mol. The van der Waals surface area contributed by atoms with E-state index in [0.717, 1.165) is 26.1 Å². The van der Waals surface area contributed by atoms with Gasteiger partial charge in [-0.3, -0.25) is 4.68 Å². The summed E-state index contributed by atoms with van der Waals surface area (Å²) in [7, 11) is 0. The van der Waals surface area contributed by atoms with Crippen LogP contribution >= 0.6 is 0 Å². The molecule has 4 heteroatoms. The van der Waals surface area contributed by atoms with Gasteiger partial charge in [0, 0.05) is 18.4 Å². The molecular formula is C9H15N3O. The van der Waals surface area contributed by atoms with Crippen molar-refractivity contribution in [3.05, 3.63) is 11.8 Å². The lowest BCUT2D eigenvalue weighted by Crippen LogP contribution is -2.13. The standard InChI is InChI=1S/C9H15N3O/c1-2-7-5-9(10)11-12(7)8-3-4-13-6-8/h5,8H,2-4,6H2,1H3,(H2,10,11). The molecule has 0 bridgehead atoms. The van der Waals surface area contributed by atoms with Crippen molar-refractivity contribution in [2.45, 2.75) is 25.8 Å². The smallest absolute Gasteiger partial charge is 0.145 e. The minimum atomic E-state index is 0.396. The summed E-state index contributed by atoms with van der Waals surface area (Å²) in [6.07, 6.45) is 2.02. The molecule has 0 radical (unpaired) electrons. The van der Waals surface area contributed by atoms with Crippen molar-refractivity contribution in [1.82, 2.24) is 9.78 Å². The average Bonchev–Trinajstić information content (AvgIpc) is 2.71. The molecule has 1 aromatic heterocycles. The zero-order chi connectivity index (χ0) is 9.26. The van der Waals surface area contributed by atoms with Crippen LogP contribution in [0.15, 0.2) is 6.07 Å². The molecule has 13 heavy (non-hydrogen) atoms. The van der Waals surface area contributed by atoms with Gasteiger partial charge in [-0.1, -0.05) is 6.92 Å². The van der Waals surface area contributed by atoms with E-state index in [1.165, 1.54) is 5.69 Å². The Hall–Kier alpha value is -1.03. The van der Waals surface area contributed by atoms with Crippen LogP contribution in [0.1, 0.15) is 25.1 Å². The molecule has 1 aliphatic rings. The Morgan fingerprint density at radius 2 is 2.62 bits per heavy atom. The Bertz CT molecular complexity index is 289. The van der Waals surface area contributed by atoms with E-state index < -0.39 is 0 Å². The number of nitrogens with two attached hydrogens (primary N) is 1. The molecule has 2 heterocycles. The van der Waals surface area contributed by atoms with Gasteiger partial charge in [0.1, 0.15) is 5.82 Å². The number of hydrogen-bond acceptors (Lipinski definition) is 3. The van der Waals surface area contributed by atoms with Crippen LogP contribution in [0, 0.1) is 0 Å². The monoisotopic (exact) mass is 181 g/mol. The van der Waals surface area contributed by atoms with Gasteiger partial charge in [0.05, 0.1) is 12.6 Å². The van der Waals surface area contributed by atoms with Crippen LogP contribution in [0.5, 0.6) is 0 Å². The van der Waals surface area contributed by atoms with Gasteiger partial charge < -0.3 is 10.5 Å². The first-order chi connectivity index (χ1) is 6.31. The number of hydrogen-bond donors (Lipinski definition) is 1. The molecule has 1 unspecified atom stereocenters. The maximum absolute atomic E-state index is 5.65. The third kappa shape index (κ3) is 1.54. The minimum absolute atomic E-state index is 0.396. The van der Waals surface area contributed by atoms with Crippen LogP contribution in [-0.2, 0) is 11.2 Å². The minimum Gasteiger partial charge on any atom is -0.382 e. The quantitative estimate of drug-likeness (QED) is 0.740. The molecule has 4 nitrogen and oxygen atoms in total. The van der Waals surface area contributed by atoms with Crippen LogP contribution in [0.4, 0.5) is 5.82 Å². The summed E-state index contributed by atoms with van der Waals surface area (Å²) in [6.45, 7) is 3.73. The summed E-state index contributed by atoms with van der Waals surface area (Å²) < 4.78 is 7.33. The molecule has 2 rings (SSSR count). The van der Waals surface area contributed by atoms with Gasteiger partial charge >= 0.3 is 0 Å².